The highest BCUT2D eigenvalue weighted by molar-refractivity contribution is 7.80. The molecule has 7 heteroatoms. The fraction of sp³-hybridized carbons (Fsp3) is 0. The molecule has 0 aliphatic rings. The first kappa shape index (κ1) is 11.3. The molecular weight excluding hydrogens is 267 g/mol. The number of halogens is 2. The molecule has 2 rings (SSSR count). The Labute approximate surface area is 107 Å². The van der Waals surface area contributed by atoms with Crippen LogP contribution in [0.4, 0.5) is 5.69 Å². The van der Waals surface area contributed by atoms with Crippen LogP contribution in [0.2, 0.25) is 10.0 Å². The highest BCUT2D eigenvalue weighted by Gasteiger charge is 2.03. The van der Waals surface area contributed by atoms with Crippen molar-refractivity contribution in [3.05, 3.63) is 40.9 Å². The van der Waals surface area contributed by atoms with E-state index >= 15 is 0 Å². The Kier molecular flexibility index (Phi) is 3.38. The van der Waals surface area contributed by atoms with Gasteiger partial charge in [0.15, 0.2) is 5.11 Å². The van der Waals surface area contributed by atoms with E-state index in [9.17, 15) is 0 Å². The van der Waals surface area contributed by atoms with Gasteiger partial charge in [-0.1, -0.05) is 23.2 Å². The summed E-state index contributed by atoms with van der Waals surface area (Å²) in [6, 6.07) is 5.15. The van der Waals surface area contributed by atoms with E-state index in [1.165, 1.54) is 17.3 Å². The number of hydrogen-bond acceptors (Lipinski definition) is 3. The average molecular weight is 273 g/mol. The van der Waals surface area contributed by atoms with Crippen LogP contribution in [0.5, 0.6) is 0 Å². The molecule has 4 nitrogen and oxygen atoms in total. The first-order chi connectivity index (χ1) is 7.66. The standard InChI is InChI=1S/C9H6Cl2N4S/c10-7-2-1-6(3-8(7)11)14-9(16)15-5-12-4-13-15/h1-5H,(H,14,16). The highest BCUT2D eigenvalue weighted by Crippen LogP contribution is 2.24. The molecule has 16 heavy (non-hydrogen) atoms. The quantitative estimate of drug-likeness (QED) is 0.811. The van der Waals surface area contributed by atoms with Crippen molar-refractivity contribution in [2.24, 2.45) is 0 Å². The van der Waals surface area contributed by atoms with Crippen LogP contribution < -0.4 is 5.32 Å². The maximum absolute atomic E-state index is 5.87. The van der Waals surface area contributed by atoms with E-state index in [-0.39, 0.29) is 0 Å². The van der Waals surface area contributed by atoms with Crippen LogP contribution in [0.1, 0.15) is 0 Å². The molecule has 0 aliphatic carbocycles. The molecule has 0 fully saturated rings. The summed E-state index contributed by atoms with van der Waals surface area (Å²) < 4.78 is 1.44. The van der Waals surface area contributed by atoms with E-state index in [0.29, 0.717) is 15.2 Å². The molecule has 1 aromatic heterocycles. The van der Waals surface area contributed by atoms with Crippen LogP contribution in [0.3, 0.4) is 0 Å². The molecule has 1 aromatic carbocycles. The Bertz CT molecular complexity index is 512. The predicted molar refractivity (Wildman–Crippen MR) is 68.1 cm³/mol. The number of nitrogens with zero attached hydrogens (tertiary/aromatic N) is 3. The van der Waals surface area contributed by atoms with E-state index in [0.717, 1.165) is 5.69 Å². The highest BCUT2D eigenvalue weighted by atomic mass is 35.5. The van der Waals surface area contributed by atoms with Crippen molar-refractivity contribution in [2.75, 3.05) is 5.32 Å². The maximum atomic E-state index is 5.87. The minimum absolute atomic E-state index is 0.413. The van der Waals surface area contributed by atoms with Crippen molar-refractivity contribution in [1.29, 1.82) is 0 Å². The molecule has 0 saturated heterocycles. The number of nitrogens with one attached hydrogen (secondary N) is 1. The topological polar surface area (TPSA) is 42.7 Å². The zero-order valence-corrected chi connectivity index (χ0v) is 10.2. The fourth-order valence-corrected chi connectivity index (χ4v) is 1.58. The van der Waals surface area contributed by atoms with Gasteiger partial charge in [-0.25, -0.2) is 4.98 Å². The second-order valence-corrected chi connectivity index (χ2v) is 4.10. The Balaban J connectivity index is 2.15. The van der Waals surface area contributed by atoms with Crippen molar-refractivity contribution in [1.82, 2.24) is 14.8 Å². The molecular formula is C9H6Cl2N4S. The van der Waals surface area contributed by atoms with Crippen LogP contribution in [0.25, 0.3) is 0 Å². The van der Waals surface area contributed by atoms with Crippen molar-refractivity contribution >= 4 is 46.2 Å². The van der Waals surface area contributed by atoms with Crippen LogP contribution in [-0.4, -0.2) is 19.9 Å². The second-order valence-electron chi connectivity index (χ2n) is 2.90. The summed E-state index contributed by atoms with van der Waals surface area (Å²) in [6.07, 6.45) is 2.91. The molecule has 2 aromatic rings. The fourth-order valence-electron chi connectivity index (χ4n) is 1.07. The Morgan fingerprint density at radius 2 is 2.12 bits per heavy atom. The third kappa shape index (κ3) is 2.49. The molecule has 0 bridgehead atoms. The molecule has 0 unspecified atom stereocenters. The third-order valence-electron chi connectivity index (χ3n) is 1.80. The first-order valence-corrected chi connectivity index (χ1v) is 5.44. The van der Waals surface area contributed by atoms with Gasteiger partial charge >= 0.3 is 0 Å². The summed E-state index contributed by atoms with van der Waals surface area (Å²) in [7, 11) is 0. The molecule has 1 N–H and O–H groups in total. The molecule has 0 radical (unpaired) electrons. The summed E-state index contributed by atoms with van der Waals surface area (Å²) in [5.74, 6) is 0. The maximum Gasteiger partial charge on any atom is 0.199 e. The van der Waals surface area contributed by atoms with Gasteiger partial charge in [-0.2, -0.15) is 9.78 Å². The number of thiocarbonyl (C=S) groups is 1. The second kappa shape index (κ2) is 4.78. The van der Waals surface area contributed by atoms with E-state index in [1.54, 1.807) is 18.2 Å². The molecule has 82 valence electrons. The van der Waals surface area contributed by atoms with E-state index in [1.807, 2.05) is 0 Å². The lowest BCUT2D eigenvalue weighted by Gasteiger charge is -2.07. The average Bonchev–Trinajstić information content (AvgIpc) is 2.77. The van der Waals surface area contributed by atoms with Gasteiger partial charge in [0.2, 0.25) is 0 Å². The SMILES string of the molecule is S=C(Nc1ccc(Cl)c(Cl)c1)n1cncn1. The van der Waals surface area contributed by atoms with E-state index < -0.39 is 0 Å². The minimum atomic E-state index is 0.413. The zero-order chi connectivity index (χ0) is 11.5. The largest absolute Gasteiger partial charge is 0.331 e. The minimum Gasteiger partial charge on any atom is -0.331 e. The molecule has 1 heterocycles. The molecule has 0 atom stereocenters. The lowest BCUT2D eigenvalue weighted by Crippen LogP contribution is -2.19. The summed E-state index contributed by atoms with van der Waals surface area (Å²) >= 11 is 16.8. The number of benzene rings is 1. The normalized spacial score (nSPS) is 10.1. The van der Waals surface area contributed by atoms with Crippen molar-refractivity contribution < 1.29 is 0 Å². The molecule has 0 saturated carbocycles. The number of hydrogen-bond donors (Lipinski definition) is 1. The van der Waals surface area contributed by atoms with Crippen molar-refractivity contribution in [3.8, 4) is 0 Å². The summed E-state index contributed by atoms with van der Waals surface area (Å²) in [4.78, 5) is 3.79. The molecule has 0 aliphatic heterocycles. The van der Waals surface area contributed by atoms with E-state index in [2.05, 4.69) is 15.4 Å². The number of anilines is 1. The van der Waals surface area contributed by atoms with Gasteiger partial charge in [-0.3, -0.25) is 0 Å². The van der Waals surface area contributed by atoms with Gasteiger partial charge < -0.3 is 5.32 Å². The van der Waals surface area contributed by atoms with Gasteiger partial charge in [0.1, 0.15) is 12.7 Å². The Morgan fingerprint density at radius 3 is 2.75 bits per heavy atom. The lowest BCUT2D eigenvalue weighted by atomic mass is 10.3. The molecule has 0 spiro atoms. The van der Waals surface area contributed by atoms with Crippen LogP contribution in [0.15, 0.2) is 30.9 Å². The smallest absolute Gasteiger partial charge is 0.199 e. The van der Waals surface area contributed by atoms with Crippen LogP contribution in [-0.2, 0) is 0 Å². The summed E-state index contributed by atoms with van der Waals surface area (Å²) in [5, 5.41) is 8.23. The van der Waals surface area contributed by atoms with Gasteiger partial charge in [-0.05, 0) is 30.4 Å². The van der Waals surface area contributed by atoms with Crippen molar-refractivity contribution in [2.45, 2.75) is 0 Å². The zero-order valence-electron chi connectivity index (χ0n) is 7.89. The Morgan fingerprint density at radius 1 is 1.31 bits per heavy atom. The van der Waals surface area contributed by atoms with Crippen LogP contribution >= 0.6 is 35.4 Å². The lowest BCUT2D eigenvalue weighted by molar-refractivity contribution is 0.946. The molecule has 0 amide bonds. The van der Waals surface area contributed by atoms with Gasteiger partial charge in [0.25, 0.3) is 0 Å². The van der Waals surface area contributed by atoms with Gasteiger partial charge in [-0.15, -0.1) is 0 Å². The number of aromatic nitrogens is 3. The van der Waals surface area contributed by atoms with E-state index in [4.69, 9.17) is 35.4 Å². The first-order valence-electron chi connectivity index (χ1n) is 4.28. The van der Waals surface area contributed by atoms with Crippen molar-refractivity contribution in [3.63, 3.8) is 0 Å². The third-order valence-corrected chi connectivity index (χ3v) is 2.83. The van der Waals surface area contributed by atoms with Gasteiger partial charge in [0.05, 0.1) is 10.0 Å². The predicted octanol–water partition coefficient (Wildman–Crippen LogP) is 2.83. The Hall–Kier alpha value is -1.17. The summed E-state index contributed by atoms with van der Waals surface area (Å²) in [6.45, 7) is 0. The summed E-state index contributed by atoms with van der Waals surface area (Å²) in [5.41, 5.74) is 0.745. The number of rotatable bonds is 1. The monoisotopic (exact) mass is 272 g/mol. The van der Waals surface area contributed by atoms with Gasteiger partial charge in [0, 0.05) is 5.69 Å². The van der Waals surface area contributed by atoms with Crippen LogP contribution in [0, 0.1) is 0 Å².